The lowest BCUT2D eigenvalue weighted by molar-refractivity contribution is 0.568. The summed E-state index contributed by atoms with van der Waals surface area (Å²) in [5.41, 5.74) is 2.31. The largest absolute Gasteiger partial charge is 0.472 e. The fourth-order valence-electron chi connectivity index (χ4n) is 1.82. The molecule has 98 valence electrons. The fraction of sp³-hybridized carbons (Fsp3) is 0.500. The highest BCUT2D eigenvalue weighted by molar-refractivity contribution is 7.15. The number of furan rings is 1. The number of nitrogens with one attached hydrogen (secondary N) is 1. The maximum absolute atomic E-state index is 5.13. The molecular formula is C14H20N2OS. The van der Waals surface area contributed by atoms with Crippen LogP contribution in [0.4, 0.5) is 0 Å². The Kier molecular flexibility index (Phi) is 4.55. The molecule has 3 nitrogen and oxygen atoms in total. The van der Waals surface area contributed by atoms with Gasteiger partial charge in [0.25, 0.3) is 0 Å². The highest BCUT2D eigenvalue weighted by Gasteiger charge is 2.13. The first kappa shape index (κ1) is 13.3. The lowest BCUT2D eigenvalue weighted by atomic mass is 10.1. The van der Waals surface area contributed by atoms with Crippen LogP contribution >= 0.6 is 11.3 Å². The number of rotatable bonds is 6. The van der Waals surface area contributed by atoms with Crippen LogP contribution < -0.4 is 5.32 Å². The van der Waals surface area contributed by atoms with E-state index in [0.717, 1.165) is 30.1 Å². The summed E-state index contributed by atoms with van der Waals surface area (Å²) in [4.78, 5) is 6.11. The molecule has 0 amide bonds. The van der Waals surface area contributed by atoms with Gasteiger partial charge in [0.05, 0.1) is 12.0 Å². The SMILES string of the molecule is CCNCc1sc(-c2ccoc2)nc1CC(C)C. The summed E-state index contributed by atoms with van der Waals surface area (Å²) in [6.45, 7) is 8.48. The Bertz CT molecular complexity index is 474. The Balaban J connectivity index is 2.25. The van der Waals surface area contributed by atoms with Crippen molar-refractivity contribution in [2.45, 2.75) is 33.7 Å². The zero-order valence-electron chi connectivity index (χ0n) is 11.2. The van der Waals surface area contributed by atoms with E-state index in [-0.39, 0.29) is 0 Å². The molecule has 0 unspecified atom stereocenters. The highest BCUT2D eigenvalue weighted by atomic mass is 32.1. The smallest absolute Gasteiger partial charge is 0.127 e. The summed E-state index contributed by atoms with van der Waals surface area (Å²) in [7, 11) is 0. The van der Waals surface area contributed by atoms with Crippen molar-refractivity contribution in [3.8, 4) is 10.6 Å². The summed E-state index contributed by atoms with van der Waals surface area (Å²) in [6, 6.07) is 1.97. The summed E-state index contributed by atoms with van der Waals surface area (Å²) in [6.07, 6.45) is 4.49. The minimum atomic E-state index is 0.629. The van der Waals surface area contributed by atoms with Gasteiger partial charge in [-0.2, -0.15) is 0 Å². The first-order valence-corrected chi connectivity index (χ1v) is 7.24. The monoisotopic (exact) mass is 264 g/mol. The Morgan fingerprint density at radius 3 is 2.89 bits per heavy atom. The number of hydrogen-bond acceptors (Lipinski definition) is 4. The molecule has 4 heteroatoms. The summed E-state index contributed by atoms with van der Waals surface area (Å²) in [5, 5.41) is 4.45. The van der Waals surface area contributed by atoms with Gasteiger partial charge in [0.2, 0.25) is 0 Å². The maximum atomic E-state index is 5.13. The third-order valence-corrected chi connectivity index (χ3v) is 3.83. The fourth-order valence-corrected chi connectivity index (χ4v) is 2.86. The van der Waals surface area contributed by atoms with Gasteiger partial charge >= 0.3 is 0 Å². The van der Waals surface area contributed by atoms with Gasteiger partial charge in [-0.1, -0.05) is 20.8 Å². The number of hydrogen-bond donors (Lipinski definition) is 1. The van der Waals surface area contributed by atoms with Crippen molar-refractivity contribution in [2.75, 3.05) is 6.54 Å². The van der Waals surface area contributed by atoms with E-state index in [9.17, 15) is 0 Å². The topological polar surface area (TPSA) is 38.1 Å². The molecule has 0 saturated heterocycles. The molecule has 0 radical (unpaired) electrons. The molecule has 0 atom stereocenters. The zero-order valence-corrected chi connectivity index (χ0v) is 12.0. The van der Waals surface area contributed by atoms with Crippen LogP contribution in [-0.2, 0) is 13.0 Å². The predicted octanol–water partition coefficient (Wildman–Crippen LogP) is 3.71. The molecule has 2 aromatic rings. The van der Waals surface area contributed by atoms with Gasteiger partial charge in [-0.15, -0.1) is 11.3 Å². The van der Waals surface area contributed by atoms with Crippen LogP contribution in [0.2, 0.25) is 0 Å². The van der Waals surface area contributed by atoms with Crippen LogP contribution in [0.3, 0.4) is 0 Å². The Morgan fingerprint density at radius 2 is 2.28 bits per heavy atom. The lowest BCUT2D eigenvalue weighted by Gasteiger charge is -2.04. The zero-order chi connectivity index (χ0) is 13.0. The van der Waals surface area contributed by atoms with Gasteiger partial charge < -0.3 is 9.73 Å². The molecule has 1 N–H and O–H groups in total. The Hall–Kier alpha value is -1.13. The Morgan fingerprint density at radius 1 is 1.44 bits per heavy atom. The second kappa shape index (κ2) is 6.16. The third kappa shape index (κ3) is 3.21. The van der Waals surface area contributed by atoms with Gasteiger partial charge in [0.15, 0.2) is 0 Å². The molecule has 0 aliphatic carbocycles. The van der Waals surface area contributed by atoms with Crippen molar-refractivity contribution in [3.63, 3.8) is 0 Å². The lowest BCUT2D eigenvalue weighted by Crippen LogP contribution is -2.12. The van der Waals surface area contributed by atoms with Crippen molar-refractivity contribution in [2.24, 2.45) is 5.92 Å². The molecular weight excluding hydrogens is 244 g/mol. The first-order chi connectivity index (χ1) is 8.70. The molecule has 0 bridgehead atoms. The molecule has 18 heavy (non-hydrogen) atoms. The van der Waals surface area contributed by atoms with E-state index >= 15 is 0 Å². The highest BCUT2D eigenvalue weighted by Crippen LogP contribution is 2.29. The van der Waals surface area contributed by atoms with E-state index in [2.05, 4.69) is 26.1 Å². The molecule has 0 aliphatic heterocycles. The number of aromatic nitrogens is 1. The average molecular weight is 264 g/mol. The van der Waals surface area contributed by atoms with Gasteiger partial charge in [0, 0.05) is 17.0 Å². The average Bonchev–Trinajstić information content (AvgIpc) is 2.94. The van der Waals surface area contributed by atoms with Gasteiger partial charge in [-0.3, -0.25) is 0 Å². The minimum Gasteiger partial charge on any atom is -0.472 e. The predicted molar refractivity (Wildman–Crippen MR) is 75.7 cm³/mol. The molecule has 0 aliphatic rings. The van der Waals surface area contributed by atoms with Gasteiger partial charge in [-0.05, 0) is 24.9 Å². The van der Waals surface area contributed by atoms with Crippen molar-refractivity contribution < 1.29 is 4.42 Å². The van der Waals surface area contributed by atoms with Crippen LogP contribution in [0.5, 0.6) is 0 Å². The van der Waals surface area contributed by atoms with E-state index in [1.165, 1.54) is 10.6 Å². The molecule has 2 rings (SSSR count). The Labute approximate surface area is 112 Å². The molecule has 2 heterocycles. The minimum absolute atomic E-state index is 0.629. The van der Waals surface area contributed by atoms with Gasteiger partial charge in [-0.25, -0.2) is 4.98 Å². The second-order valence-electron chi connectivity index (χ2n) is 4.78. The van der Waals surface area contributed by atoms with Crippen LogP contribution in [0.1, 0.15) is 31.3 Å². The second-order valence-corrected chi connectivity index (χ2v) is 5.86. The molecule has 0 saturated carbocycles. The van der Waals surface area contributed by atoms with Crippen LogP contribution in [-0.4, -0.2) is 11.5 Å². The molecule has 0 aromatic carbocycles. The van der Waals surface area contributed by atoms with E-state index < -0.39 is 0 Å². The van der Waals surface area contributed by atoms with Crippen LogP contribution in [0.15, 0.2) is 23.0 Å². The first-order valence-electron chi connectivity index (χ1n) is 6.42. The molecule has 2 aromatic heterocycles. The van der Waals surface area contributed by atoms with Crippen molar-refractivity contribution in [3.05, 3.63) is 29.2 Å². The quantitative estimate of drug-likeness (QED) is 0.864. The number of thiazole rings is 1. The van der Waals surface area contributed by atoms with Crippen molar-refractivity contribution >= 4 is 11.3 Å². The maximum Gasteiger partial charge on any atom is 0.127 e. The van der Waals surface area contributed by atoms with E-state index in [1.807, 2.05) is 6.07 Å². The summed E-state index contributed by atoms with van der Waals surface area (Å²) in [5.74, 6) is 0.629. The normalized spacial score (nSPS) is 11.3. The number of nitrogens with zero attached hydrogens (tertiary/aromatic N) is 1. The summed E-state index contributed by atoms with van der Waals surface area (Å²) < 4.78 is 5.13. The van der Waals surface area contributed by atoms with E-state index in [4.69, 9.17) is 9.40 Å². The van der Waals surface area contributed by atoms with Crippen molar-refractivity contribution in [1.29, 1.82) is 0 Å². The van der Waals surface area contributed by atoms with E-state index in [1.54, 1.807) is 23.9 Å². The standard InChI is InChI=1S/C14H20N2OS/c1-4-15-8-13-12(7-10(2)3)16-14(18-13)11-5-6-17-9-11/h5-6,9-10,15H,4,7-8H2,1-3H3. The van der Waals surface area contributed by atoms with Crippen LogP contribution in [0.25, 0.3) is 10.6 Å². The molecule has 0 fully saturated rings. The van der Waals surface area contributed by atoms with E-state index in [0.29, 0.717) is 5.92 Å². The molecule has 0 spiro atoms. The summed E-state index contributed by atoms with van der Waals surface area (Å²) >= 11 is 1.77. The third-order valence-electron chi connectivity index (χ3n) is 2.68. The van der Waals surface area contributed by atoms with Gasteiger partial charge in [0.1, 0.15) is 11.3 Å². The van der Waals surface area contributed by atoms with Crippen molar-refractivity contribution in [1.82, 2.24) is 10.3 Å². The van der Waals surface area contributed by atoms with Crippen LogP contribution in [0, 0.1) is 5.92 Å².